The molecule has 1 fully saturated rings. The number of aromatic nitrogens is 2. The quantitative estimate of drug-likeness (QED) is 0.818. The largest absolute Gasteiger partial charge is 0.316 e. The summed E-state index contributed by atoms with van der Waals surface area (Å²) in [6.07, 6.45) is 5.81. The lowest BCUT2D eigenvalue weighted by Gasteiger charge is -2.37. The van der Waals surface area contributed by atoms with E-state index in [1.165, 1.54) is 29.4 Å². The van der Waals surface area contributed by atoms with E-state index < -0.39 is 0 Å². The second kappa shape index (κ2) is 6.01. The van der Waals surface area contributed by atoms with Crippen molar-refractivity contribution < 1.29 is 0 Å². The van der Waals surface area contributed by atoms with Crippen molar-refractivity contribution in [2.45, 2.75) is 45.6 Å². The van der Waals surface area contributed by atoms with Crippen molar-refractivity contribution >= 4 is 15.9 Å². The highest BCUT2D eigenvalue weighted by Gasteiger charge is 2.35. The second-order valence-corrected chi connectivity index (χ2v) is 5.70. The van der Waals surface area contributed by atoms with Crippen molar-refractivity contribution in [2.24, 2.45) is 5.92 Å². The smallest absolute Gasteiger partial charge is 0.0635 e. The molecule has 1 saturated carbocycles. The predicted molar refractivity (Wildman–Crippen MR) is 74.2 cm³/mol. The van der Waals surface area contributed by atoms with Gasteiger partial charge < -0.3 is 5.32 Å². The van der Waals surface area contributed by atoms with Gasteiger partial charge >= 0.3 is 0 Å². The third kappa shape index (κ3) is 2.74. The van der Waals surface area contributed by atoms with Gasteiger partial charge in [0.1, 0.15) is 0 Å². The Balaban J connectivity index is 1.99. The zero-order valence-corrected chi connectivity index (χ0v) is 12.3. The van der Waals surface area contributed by atoms with Crippen LogP contribution >= 0.6 is 15.9 Å². The van der Waals surface area contributed by atoms with Crippen LogP contribution in [0.25, 0.3) is 0 Å². The molecule has 0 bridgehead atoms. The first kappa shape index (κ1) is 13.1. The van der Waals surface area contributed by atoms with Crippen molar-refractivity contribution in [2.75, 3.05) is 13.1 Å². The van der Waals surface area contributed by atoms with Crippen LogP contribution in [-0.4, -0.2) is 22.9 Å². The lowest BCUT2D eigenvalue weighted by atomic mass is 9.71. The van der Waals surface area contributed by atoms with E-state index in [9.17, 15) is 0 Å². The van der Waals surface area contributed by atoms with Crippen molar-refractivity contribution in [1.82, 2.24) is 15.1 Å². The summed E-state index contributed by atoms with van der Waals surface area (Å²) in [5.41, 5.74) is 1.40. The Kier molecular flexibility index (Phi) is 4.62. The Morgan fingerprint density at radius 1 is 1.47 bits per heavy atom. The maximum absolute atomic E-state index is 4.42. The summed E-state index contributed by atoms with van der Waals surface area (Å²) in [7, 11) is 0. The number of halogens is 1. The van der Waals surface area contributed by atoms with Crippen molar-refractivity contribution in [3.8, 4) is 0 Å². The Morgan fingerprint density at radius 2 is 2.29 bits per heavy atom. The lowest BCUT2D eigenvalue weighted by molar-refractivity contribution is 0.233. The number of hydrogen-bond donors (Lipinski definition) is 1. The topological polar surface area (TPSA) is 29.9 Å². The van der Waals surface area contributed by atoms with E-state index in [-0.39, 0.29) is 0 Å². The van der Waals surface area contributed by atoms with Gasteiger partial charge in [0.05, 0.1) is 16.4 Å². The molecule has 1 heterocycles. The SMILES string of the molecule is CCCNCC1CCC1c1c(Br)cnn1CC. The van der Waals surface area contributed by atoms with Crippen LogP contribution in [0.15, 0.2) is 10.7 Å². The normalized spacial score (nSPS) is 23.7. The predicted octanol–water partition coefficient (Wildman–Crippen LogP) is 3.16. The van der Waals surface area contributed by atoms with Crippen LogP contribution in [0.2, 0.25) is 0 Å². The van der Waals surface area contributed by atoms with Crippen molar-refractivity contribution in [3.63, 3.8) is 0 Å². The van der Waals surface area contributed by atoms with E-state index >= 15 is 0 Å². The molecular formula is C13H22BrN3. The van der Waals surface area contributed by atoms with E-state index in [0.717, 1.165) is 25.6 Å². The third-order valence-electron chi connectivity index (χ3n) is 3.73. The van der Waals surface area contributed by atoms with E-state index in [4.69, 9.17) is 0 Å². The van der Waals surface area contributed by atoms with Crippen LogP contribution in [0.4, 0.5) is 0 Å². The molecule has 0 aliphatic heterocycles. The van der Waals surface area contributed by atoms with E-state index in [0.29, 0.717) is 5.92 Å². The number of hydrogen-bond acceptors (Lipinski definition) is 2. The standard InChI is InChI=1S/C13H22BrN3/c1-3-7-15-8-10-5-6-11(10)13-12(14)9-16-17(13)4-2/h9-11,15H,3-8H2,1-2H3. The summed E-state index contributed by atoms with van der Waals surface area (Å²) in [4.78, 5) is 0. The van der Waals surface area contributed by atoms with Gasteiger partial charge in [-0.1, -0.05) is 6.92 Å². The fourth-order valence-corrected chi connectivity index (χ4v) is 3.22. The lowest BCUT2D eigenvalue weighted by Crippen LogP contribution is -2.35. The first-order valence-corrected chi connectivity index (χ1v) is 7.49. The summed E-state index contributed by atoms with van der Waals surface area (Å²) in [6.45, 7) is 7.63. The molecule has 17 heavy (non-hydrogen) atoms. The Labute approximate surface area is 112 Å². The first-order valence-electron chi connectivity index (χ1n) is 6.69. The average Bonchev–Trinajstić information content (AvgIpc) is 2.65. The number of aryl methyl sites for hydroxylation is 1. The Morgan fingerprint density at radius 3 is 2.88 bits per heavy atom. The van der Waals surface area contributed by atoms with E-state index in [2.05, 4.69) is 44.9 Å². The fraction of sp³-hybridized carbons (Fsp3) is 0.769. The zero-order chi connectivity index (χ0) is 12.3. The molecule has 1 aliphatic carbocycles. The van der Waals surface area contributed by atoms with Crippen molar-refractivity contribution in [3.05, 3.63) is 16.4 Å². The highest BCUT2D eigenvalue weighted by atomic mass is 79.9. The van der Waals surface area contributed by atoms with Crippen LogP contribution in [-0.2, 0) is 6.54 Å². The second-order valence-electron chi connectivity index (χ2n) is 4.84. The van der Waals surface area contributed by atoms with Crippen LogP contribution in [0.3, 0.4) is 0 Å². The molecule has 2 rings (SSSR count). The van der Waals surface area contributed by atoms with E-state index in [1.54, 1.807) is 0 Å². The highest BCUT2D eigenvalue weighted by molar-refractivity contribution is 9.10. The molecule has 0 aromatic carbocycles. The van der Waals surface area contributed by atoms with Crippen LogP contribution in [0.1, 0.15) is 44.7 Å². The van der Waals surface area contributed by atoms with Crippen LogP contribution in [0.5, 0.6) is 0 Å². The minimum atomic E-state index is 0.691. The van der Waals surface area contributed by atoms with Gasteiger partial charge in [0, 0.05) is 12.5 Å². The molecule has 0 saturated heterocycles. The Bertz CT molecular complexity index is 362. The monoisotopic (exact) mass is 299 g/mol. The summed E-state index contributed by atoms with van der Waals surface area (Å²) >= 11 is 3.64. The molecular weight excluding hydrogens is 278 g/mol. The van der Waals surface area contributed by atoms with Crippen LogP contribution < -0.4 is 5.32 Å². The molecule has 1 aliphatic rings. The zero-order valence-electron chi connectivity index (χ0n) is 10.7. The molecule has 1 N–H and O–H groups in total. The molecule has 0 amide bonds. The minimum absolute atomic E-state index is 0.691. The van der Waals surface area contributed by atoms with Gasteiger partial charge in [-0.05, 0) is 61.1 Å². The maximum Gasteiger partial charge on any atom is 0.0635 e. The summed E-state index contributed by atoms with van der Waals surface area (Å²) in [6, 6.07) is 0. The number of nitrogens with one attached hydrogen (secondary N) is 1. The first-order chi connectivity index (χ1) is 8.27. The molecule has 96 valence electrons. The molecule has 3 nitrogen and oxygen atoms in total. The molecule has 0 spiro atoms. The van der Waals surface area contributed by atoms with Gasteiger partial charge in [-0.25, -0.2) is 0 Å². The number of rotatable bonds is 6. The van der Waals surface area contributed by atoms with Gasteiger partial charge in [0.15, 0.2) is 0 Å². The molecule has 2 atom stereocenters. The maximum atomic E-state index is 4.42. The average molecular weight is 300 g/mol. The summed E-state index contributed by atoms with van der Waals surface area (Å²) in [5, 5.41) is 7.96. The Hall–Kier alpha value is -0.350. The van der Waals surface area contributed by atoms with Gasteiger partial charge in [-0.3, -0.25) is 4.68 Å². The molecule has 0 radical (unpaired) electrons. The third-order valence-corrected chi connectivity index (χ3v) is 4.35. The highest BCUT2D eigenvalue weighted by Crippen LogP contribution is 2.44. The number of nitrogens with zero attached hydrogens (tertiary/aromatic N) is 2. The summed E-state index contributed by atoms with van der Waals surface area (Å²) in [5.74, 6) is 1.48. The van der Waals surface area contributed by atoms with Gasteiger partial charge in [-0.15, -0.1) is 0 Å². The van der Waals surface area contributed by atoms with Gasteiger partial charge in [-0.2, -0.15) is 5.10 Å². The minimum Gasteiger partial charge on any atom is -0.316 e. The van der Waals surface area contributed by atoms with Gasteiger partial charge in [0.25, 0.3) is 0 Å². The van der Waals surface area contributed by atoms with Crippen LogP contribution in [0, 0.1) is 5.92 Å². The molecule has 1 aromatic rings. The molecule has 4 heteroatoms. The van der Waals surface area contributed by atoms with Crippen molar-refractivity contribution in [1.29, 1.82) is 0 Å². The molecule has 2 unspecified atom stereocenters. The summed E-state index contributed by atoms with van der Waals surface area (Å²) < 4.78 is 3.32. The molecule has 1 aromatic heterocycles. The van der Waals surface area contributed by atoms with E-state index in [1.807, 2.05) is 6.20 Å². The fourth-order valence-electron chi connectivity index (χ4n) is 2.63. The van der Waals surface area contributed by atoms with Gasteiger partial charge in [0.2, 0.25) is 0 Å².